The summed E-state index contributed by atoms with van der Waals surface area (Å²) in [4.78, 5) is 17.1. The summed E-state index contributed by atoms with van der Waals surface area (Å²) in [5.74, 6) is -0.416. The summed E-state index contributed by atoms with van der Waals surface area (Å²) in [5, 5.41) is 10.6. The van der Waals surface area contributed by atoms with Crippen LogP contribution in [-0.2, 0) is 11.3 Å². The third kappa shape index (κ3) is 4.19. The van der Waals surface area contributed by atoms with Crippen LogP contribution in [0.3, 0.4) is 0 Å². The summed E-state index contributed by atoms with van der Waals surface area (Å²) < 4.78 is 5.12. The minimum atomic E-state index is -0.416. The van der Waals surface area contributed by atoms with Crippen LogP contribution in [0.15, 0.2) is 24.3 Å². The third-order valence-corrected chi connectivity index (χ3v) is 5.91. The third-order valence-electron chi connectivity index (χ3n) is 4.55. The number of nitrogens with zero attached hydrogens (tertiary/aromatic N) is 3. The molecule has 1 aromatic carbocycles. The molecule has 1 fully saturated rings. The average molecular weight is 405 g/mol. The van der Waals surface area contributed by atoms with E-state index in [1.165, 1.54) is 0 Å². The molecule has 0 aliphatic carbocycles. The Labute approximate surface area is 167 Å². The number of carbonyl (C=O) groups excluding carboxylic acids is 1. The molecular formula is C19H21ClN4O2S. The summed E-state index contributed by atoms with van der Waals surface area (Å²) in [5.41, 5.74) is 8.04. The van der Waals surface area contributed by atoms with Gasteiger partial charge in [-0.1, -0.05) is 23.7 Å². The maximum absolute atomic E-state index is 12.2. The molecular weight excluding hydrogens is 384 g/mol. The number of anilines is 2. The van der Waals surface area contributed by atoms with Gasteiger partial charge in [0.25, 0.3) is 0 Å². The predicted molar refractivity (Wildman–Crippen MR) is 108 cm³/mol. The van der Waals surface area contributed by atoms with Crippen LogP contribution in [0.5, 0.6) is 0 Å². The van der Waals surface area contributed by atoms with Gasteiger partial charge in [-0.25, -0.2) is 4.79 Å². The number of esters is 1. The molecule has 1 saturated heterocycles. The SMILES string of the molecule is CCOC(=O)c1sc(N)c(C#N)c1CN1CCN(c2ccccc2Cl)CC1. The Hall–Kier alpha value is -2.27. The molecule has 1 aromatic heterocycles. The molecule has 142 valence electrons. The standard InChI is InChI=1S/C19H21ClN4O2S/c1-2-26-19(25)17-14(13(11-21)18(22)27-17)12-23-7-9-24(10-8-23)16-6-4-3-5-15(16)20/h3-6H,2,7-10,12,22H2,1H3. The summed E-state index contributed by atoms with van der Waals surface area (Å²) in [7, 11) is 0. The van der Waals surface area contributed by atoms with E-state index in [-0.39, 0.29) is 6.61 Å². The summed E-state index contributed by atoms with van der Waals surface area (Å²) in [6.07, 6.45) is 0. The zero-order valence-electron chi connectivity index (χ0n) is 15.1. The number of hydrogen-bond donors (Lipinski definition) is 1. The second-order valence-corrected chi connectivity index (χ2v) is 7.66. The van der Waals surface area contributed by atoms with E-state index >= 15 is 0 Å². The Morgan fingerprint density at radius 3 is 2.67 bits per heavy atom. The molecule has 0 saturated carbocycles. The zero-order chi connectivity index (χ0) is 19.4. The van der Waals surface area contributed by atoms with E-state index in [1.807, 2.05) is 24.3 Å². The Morgan fingerprint density at radius 2 is 2.04 bits per heavy atom. The first-order chi connectivity index (χ1) is 13.0. The van der Waals surface area contributed by atoms with Gasteiger partial charge in [-0.05, 0) is 19.1 Å². The van der Waals surface area contributed by atoms with Crippen LogP contribution in [0.1, 0.15) is 27.7 Å². The molecule has 1 aliphatic rings. The van der Waals surface area contributed by atoms with Crippen LogP contribution in [0.4, 0.5) is 10.7 Å². The first kappa shape index (κ1) is 19.5. The van der Waals surface area contributed by atoms with Crippen molar-refractivity contribution in [3.05, 3.63) is 45.3 Å². The predicted octanol–water partition coefficient (Wildman–Crippen LogP) is 3.35. The lowest BCUT2D eigenvalue weighted by Crippen LogP contribution is -2.46. The minimum Gasteiger partial charge on any atom is -0.462 e. The average Bonchev–Trinajstić information content (AvgIpc) is 2.98. The van der Waals surface area contributed by atoms with Crippen molar-refractivity contribution in [1.82, 2.24) is 4.90 Å². The molecule has 2 heterocycles. The number of benzene rings is 1. The Bertz CT molecular complexity index is 869. The highest BCUT2D eigenvalue weighted by Gasteiger charge is 2.26. The van der Waals surface area contributed by atoms with Crippen LogP contribution in [-0.4, -0.2) is 43.7 Å². The number of para-hydroxylation sites is 1. The van der Waals surface area contributed by atoms with E-state index in [2.05, 4.69) is 15.9 Å². The molecule has 2 aromatic rings. The second-order valence-electron chi connectivity index (χ2n) is 6.20. The first-order valence-electron chi connectivity index (χ1n) is 8.75. The number of carbonyl (C=O) groups is 1. The van der Waals surface area contributed by atoms with Crippen molar-refractivity contribution in [2.24, 2.45) is 0 Å². The molecule has 0 atom stereocenters. The number of nitrogen functional groups attached to an aromatic ring is 1. The van der Waals surface area contributed by atoms with Gasteiger partial charge >= 0.3 is 5.97 Å². The molecule has 0 bridgehead atoms. The van der Waals surface area contributed by atoms with Gasteiger partial charge < -0.3 is 15.4 Å². The molecule has 0 unspecified atom stereocenters. The van der Waals surface area contributed by atoms with E-state index in [4.69, 9.17) is 22.1 Å². The fraction of sp³-hybridized carbons (Fsp3) is 0.368. The monoisotopic (exact) mass is 404 g/mol. The van der Waals surface area contributed by atoms with Crippen molar-refractivity contribution in [3.63, 3.8) is 0 Å². The topological polar surface area (TPSA) is 82.6 Å². The number of hydrogen-bond acceptors (Lipinski definition) is 7. The highest BCUT2D eigenvalue weighted by atomic mass is 35.5. The van der Waals surface area contributed by atoms with Crippen molar-refractivity contribution >= 4 is 39.6 Å². The van der Waals surface area contributed by atoms with Gasteiger partial charge in [0, 0.05) is 38.3 Å². The van der Waals surface area contributed by atoms with Gasteiger partial charge in [0.15, 0.2) is 0 Å². The van der Waals surface area contributed by atoms with Crippen LogP contribution < -0.4 is 10.6 Å². The lowest BCUT2D eigenvalue weighted by atomic mass is 10.1. The Morgan fingerprint density at radius 1 is 1.33 bits per heavy atom. The summed E-state index contributed by atoms with van der Waals surface area (Å²) in [6, 6.07) is 9.94. The number of piperazine rings is 1. The number of rotatable bonds is 5. The van der Waals surface area contributed by atoms with Crippen molar-refractivity contribution in [1.29, 1.82) is 5.26 Å². The fourth-order valence-corrected chi connectivity index (χ4v) is 4.38. The summed E-state index contributed by atoms with van der Waals surface area (Å²) >= 11 is 7.42. The number of thiophene rings is 1. The van der Waals surface area contributed by atoms with Crippen molar-refractivity contribution < 1.29 is 9.53 Å². The van der Waals surface area contributed by atoms with E-state index in [1.54, 1.807) is 6.92 Å². The van der Waals surface area contributed by atoms with Gasteiger partial charge in [0.2, 0.25) is 0 Å². The number of nitriles is 1. The smallest absolute Gasteiger partial charge is 0.348 e. The minimum absolute atomic E-state index is 0.286. The molecule has 1 aliphatic heterocycles. The van der Waals surface area contributed by atoms with Gasteiger partial charge in [-0.2, -0.15) is 5.26 Å². The second kappa shape index (κ2) is 8.61. The molecule has 2 N–H and O–H groups in total. The quantitative estimate of drug-likeness (QED) is 0.769. The largest absolute Gasteiger partial charge is 0.462 e. The lowest BCUT2D eigenvalue weighted by Gasteiger charge is -2.36. The fourth-order valence-electron chi connectivity index (χ4n) is 3.20. The van der Waals surface area contributed by atoms with Crippen molar-refractivity contribution in [2.45, 2.75) is 13.5 Å². The molecule has 0 radical (unpaired) electrons. The highest BCUT2D eigenvalue weighted by Crippen LogP contribution is 2.33. The van der Waals surface area contributed by atoms with E-state index < -0.39 is 5.97 Å². The van der Waals surface area contributed by atoms with E-state index in [9.17, 15) is 10.1 Å². The Balaban J connectivity index is 1.73. The van der Waals surface area contributed by atoms with Gasteiger partial charge in [0.1, 0.15) is 15.9 Å². The van der Waals surface area contributed by atoms with Gasteiger partial charge in [-0.15, -0.1) is 11.3 Å². The van der Waals surface area contributed by atoms with Gasteiger partial charge in [-0.3, -0.25) is 4.90 Å². The normalized spacial score (nSPS) is 14.8. The number of ether oxygens (including phenoxy) is 1. The molecule has 3 rings (SSSR count). The number of nitrogens with two attached hydrogens (primary N) is 1. The lowest BCUT2D eigenvalue weighted by molar-refractivity contribution is 0.0529. The highest BCUT2D eigenvalue weighted by molar-refractivity contribution is 7.18. The van der Waals surface area contributed by atoms with Crippen LogP contribution in [0, 0.1) is 11.3 Å². The van der Waals surface area contributed by atoms with E-state index in [0.717, 1.165) is 48.2 Å². The number of halogens is 1. The molecule has 8 heteroatoms. The molecule has 0 spiro atoms. The maximum Gasteiger partial charge on any atom is 0.348 e. The van der Waals surface area contributed by atoms with Crippen LogP contribution in [0.25, 0.3) is 0 Å². The first-order valence-corrected chi connectivity index (χ1v) is 9.94. The Kier molecular flexibility index (Phi) is 6.22. The van der Waals surface area contributed by atoms with E-state index in [0.29, 0.717) is 27.5 Å². The van der Waals surface area contributed by atoms with Crippen molar-refractivity contribution in [3.8, 4) is 6.07 Å². The zero-order valence-corrected chi connectivity index (χ0v) is 16.6. The van der Waals surface area contributed by atoms with Crippen LogP contribution in [0.2, 0.25) is 5.02 Å². The maximum atomic E-state index is 12.2. The summed E-state index contributed by atoms with van der Waals surface area (Å²) in [6.45, 7) is 5.78. The van der Waals surface area contributed by atoms with Crippen molar-refractivity contribution in [2.75, 3.05) is 43.4 Å². The molecule has 6 nitrogen and oxygen atoms in total. The van der Waals surface area contributed by atoms with Crippen LogP contribution >= 0.6 is 22.9 Å². The van der Waals surface area contributed by atoms with Gasteiger partial charge in [0.05, 0.1) is 22.9 Å². The molecule has 0 amide bonds. The molecule has 27 heavy (non-hydrogen) atoms.